The van der Waals surface area contributed by atoms with Gasteiger partial charge in [0.1, 0.15) is 9.88 Å². The number of carbonyl (C=O) groups is 2. The second kappa shape index (κ2) is 6.59. The number of amides is 2. The van der Waals surface area contributed by atoms with Crippen molar-refractivity contribution in [3.05, 3.63) is 32.8 Å². The van der Waals surface area contributed by atoms with Crippen molar-refractivity contribution in [1.82, 2.24) is 5.32 Å². The minimum Gasteiger partial charge on any atom is -0.397 e. The van der Waals surface area contributed by atoms with Crippen molar-refractivity contribution in [1.29, 1.82) is 0 Å². The van der Waals surface area contributed by atoms with Crippen molar-refractivity contribution in [2.75, 3.05) is 17.6 Å². The van der Waals surface area contributed by atoms with E-state index in [2.05, 4.69) is 10.6 Å². The molecule has 6 nitrogen and oxygen atoms in total. The molecule has 0 aliphatic carbocycles. The van der Waals surface area contributed by atoms with Crippen LogP contribution in [0, 0.1) is 0 Å². The second-order valence-corrected chi connectivity index (χ2v) is 6.26. The van der Waals surface area contributed by atoms with Crippen molar-refractivity contribution < 1.29 is 9.59 Å². The summed E-state index contributed by atoms with van der Waals surface area (Å²) >= 11 is 2.74. The van der Waals surface area contributed by atoms with Gasteiger partial charge in [0.05, 0.1) is 17.8 Å². The number of hydrogen-bond donors (Lipinski definition) is 4. The van der Waals surface area contributed by atoms with Gasteiger partial charge in [-0.3, -0.25) is 9.59 Å². The molecule has 0 spiro atoms. The Balaban J connectivity index is 2.28. The first kappa shape index (κ1) is 15.3. The second-order valence-electron chi connectivity index (χ2n) is 4.21. The van der Waals surface area contributed by atoms with Crippen LogP contribution in [0.25, 0.3) is 0 Å². The normalized spacial score (nSPS) is 10.3. The highest BCUT2D eigenvalue weighted by Crippen LogP contribution is 2.35. The maximum atomic E-state index is 11.9. The summed E-state index contributed by atoms with van der Waals surface area (Å²) < 4.78 is 0. The predicted octanol–water partition coefficient (Wildman–Crippen LogP) is 1.85. The standard InChI is InChI=1S/C13H16N4O2S2/c1-2-16-12(19)10-9(14)8(11(15)18)13(21-10)17-6-7-4-3-5-20-7/h3-5,17H,2,6,14H2,1H3,(H2,15,18)(H,16,19). The minimum absolute atomic E-state index is 0.132. The molecule has 0 saturated carbocycles. The van der Waals surface area contributed by atoms with Gasteiger partial charge in [0.15, 0.2) is 0 Å². The molecule has 0 bridgehead atoms. The SMILES string of the molecule is CCNC(=O)c1sc(NCc2cccs2)c(C(N)=O)c1N. The summed E-state index contributed by atoms with van der Waals surface area (Å²) in [6.45, 7) is 2.85. The smallest absolute Gasteiger partial charge is 0.263 e. The van der Waals surface area contributed by atoms with Crippen LogP contribution in [0.2, 0.25) is 0 Å². The molecule has 2 amide bonds. The Hall–Kier alpha value is -2.06. The molecule has 0 unspecified atom stereocenters. The lowest BCUT2D eigenvalue weighted by Gasteiger charge is -2.04. The number of nitrogens with one attached hydrogen (secondary N) is 2. The van der Waals surface area contributed by atoms with Gasteiger partial charge in [-0.15, -0.1) is 22.7 Å². The summed E-state index contributed by atoms with van der Waals surface area (Å²) in [5.74, 6) is -0.945. The number of carbonyl (C=O) groups excluding carboxylic acids is 2. The number of thiophene rings is 2. The van der Waals surface area contributed by atoms with Gasteiger partial charge in [-0.1, -0.05) is 6.07 Å². The Bertz CT molecular complexity index is 649. The molecule has 2 aromatic rings. The molecule has 0 atom stereocenters. The molecular weight excluding hydrogens is 308 g/mol. The van der Waals surface area contributed by atoms with Crippen LogP contribution in [0.5, 0.6) is 0 Å². The van der Waals surface area contributed by atoms with Crippen molar-refractivity contribution in [3.8, 4) is 0 Å². The van der Waals surface area contributed by atoms with E-state index in [9.17, 15) is 9.59 Å². The molecule has 0 aliphatic heterocycles. The number of hydrogen-bond acceptors (Lipinski definition) is 6. The molecule has 2 heterocycles. The Kier molecular flexibility index (Phi) is 4.81. The molecule has 8 heteroatoms. The molecule has 2 rings (SSSR count). The van der Waals surface area contributed by atoms with Gasteiger partial charge in [0, 0.05) is 11.4 Å². The fraction of sp³-hybridized carbons (Fsp3) is 0.231. The van der Waals surface area contributed by atoms with Gasteiger partial charge in [-0.25, -0.2) is 0 Å². The zero-order valence-corrected chi connectivity index (χ0v) is 13.1. The molecule has 0 fully saturated rings. The molecule has 0 saturated heterocycles. The van der Waals surface area contributed by atoms with E-state index in [4.69, 9.17) is 11.5 Å². The van der Waals surface area contributed by atoms with Crippen molar-refractivity contribution in [2.45, 2.75) is 13.5 Å². The average molecular weight is 324 g/mol. The molecular formula is C13H16N4O2S2. The number of primary amides is 1. The van der Waals surface area contributed by atoms with Crippen molar-refractivity contribution in [2.24, 2.45) is 5.73 Å². The van der Waals surface area contributed by atoms with Gasteiger partial charge < -0.3 is 22.1 Å². The quantitative estimate of drug-likeness (QED) is 0.650. The Morgan fingerprint density at radius 3 is 2.71 bits per heavy atom. The maximum absolute atomic E-state index is 11.9. The van der Waals surface area contributed by atoms with Crippen LogP contribution in [0.4, 0.5) is 10.7 Å². The molecule has 2 aromatic heterocycles. The molecule has 0 aliphatic rings. The molecule has 6 N–H and O–H groups in total. The van der Waals surface area contributed by atoms with Crippen LogP contribution >= 0.6 is 22.7 Å². The van der Waals surface area contributed by atoms with E-state index in [0.717, 1.165) is 16.2 Å². The summed E-state index contributed by atoms with van der Waals surface area (Å²) in [5.41, 5.74) is 11.6. The summed E-state index contributed by atoms with van der Waals surface area (Å²) in [4.78, 5) is 24.9. The van der Waals surface area contributed by atoms with E-state index >= 15 is 0 Å². The zero-order chi connectivity index (χ0) is 15.4. The van der Waals surface area contributed by atoms with E-state index < -0.39 is 5.91 Å². The lowest BCUT2D eigenvalue weighted by molar-refractivity contribution is 0.0960. The third-order valence-corrected chi connectivity index (χ3v) is 4.78. The first-order valence-corrected chi connectivity index (χ1v) is 8.00. The van der Waals surface area contributed by atoms with Gasteiger partial charge in [-0.2, -0.15) is 0 Å². The lowest BCUT2D eigenvalue weighted by Crippen LogP contribution is -2.23. The third-order valence-electron chi connectivity index (χ3n) is 2.74. The Morgan fingerprint density at radius 2 is 2.14 bits per heavy atom. The molecule has 21 heavy (non-hydrogen) atoms. The number of nitrogen functional groups attached to an aromatic ring is 1. The highest BCUT2D eigenvalue weighted by Gasteiger charge is 2.23. The Morgan fingerprint density at radius 1 is 1.38 bits per heavy atom. The minimum atomic E-state index is -0.645. The summed E-state index contributed by atoms with van der Waals surface area (Å²) in [6, 6.07) is 3.92. The fourth-order valence-corrected chi connectivity index (χ4v) is 3.49. The number of anilines is 2. The van der Waals surface area contributed by atoms with Gasteiger partial charge in [0.25, 0.3) is 11.8 Å². The average Bonchev–Trinajstić information content (AvgIpc) is 3.03. The van der Waals surface area contributed by atoms with Gasteiger partial charge >= 0.3 is 0 Å². The van der Waals surface area contributed by atoms with Crippen molar-refractivity contribution in [3.63, 3.8) is 0 Å². The largest absolute Gasteiger partial charge is 0.397 e. The highest BCUT2D eigenvalue weighted by molar-refractivity contribution is 7.19. The van der Waals surface area contributed by atoms with Gasteiger partial charge in [-0.05, 0) is 18.4 Å². The van der Waals surface area contributed by atoms with Crippen LogP contribution < -0.4 is 22.1 Å². The third kappa shape index (κ3) is 3.34. The van der Waals surface area contributed by atoms with E-state index in [-0.39, 0.29) is 17.2 Å². The lowest BCUT2D eigenvalue weighted by atomic mass is 10.2. The number of rotatable bonds is 6. The van der Waals surface area contributed by atoms with Crippen molar-refractivity contribution >= 4 is 45.2 Å². The molecule has 0 aromatic carbocycles. The predicted molar refractivity (Wildman–Crippen MR) is 86.9 cm³/mol. The van der Waals surface area contributed by atoms with Crippen LogP contribution in [0.1, 0.15) is 31.8 Å². The summed E-state index contributed by atoms with van der Waals surface area (Å²) in [7, 11) is 0. The van der Waals surface area contributed by atoms with E-state index in [1.54, 1.807) is 11.3 Å². The summed E-state index contributed by atoms with van der Waals surface area (Å²) in [6.07, 6.45) is 0. The topological polar surface area (TPSA) is 110 Å². The van der Waals surface area contributed by atoms with E-state index in [1.807, 2.05) is 24.4 Å². The van der Waals surface area contributed by atoms with Gasteiger partial charge in [0.2, 0.25) is 0 Å². The van der Waals surface area contributed by atoms with Crippen LogP contribution in [-0.4, -0.2) is 18.4 Å². The molecule has 112 valence electrons. The maximum Gasteiger partial charge on any atom is 0.263 e. The van der Waals surface area contributed by atoms with E-state index in [1.165, 1.54) is 0 Å². The Labute approximate surface area is 130 Å². The van der Waals surface area contributed by atoms with Crippen LogP contribution in [0.15, 0.2) is 17.5 Å². The fourth-order valence-electron chi connectivity index (χ4n) is 1.80. The van der Waals surface area contributed by atoms with Crippen LogP contribution in [0.3, 0.4) is 0 Å². The monoisotopic (exact) mass is 324 g/mol. The summed E-state index contributed by atoms with van der Waals surface area (Å²) in [5, 5.41) is 8.28. The first-order chi connectivity index (χ1) is 10.0. The first-order valence-electron chi connectivity index (χ1n) is 6.31. The molecule has 0 radical (unpaired) electrons. The van der Waals surface area contributed by atoms with E-state index in [0.29, 0.717) is 23.0 Å². The van der Waals surface area contributed by atoms with Crippen LogP contribution in [-0.2, 0) is 6.54 Å². The number of nitrogens with two attached hydrogens (primary N) is 2. The highest BCUT2D eigenvalue weighted by atomic mass is 32.1. The zero-order valence-electron chi connectivity index (χ0n) is 11.4.